The maximum atomic E-state index is 11.0. The Balaban J connectivity index is 3.63. The van der Waals surface area contributed by atoms with E-state index < -0.39 is 0 Å². The summed E-state index contributed by atoms with van der Waals surface area (Å²) in [5.74, 6) is -0.564. The van der Waals surface area contributed by atoms with Crippen LogP contribution in [0.3, 0.4) is 0 Å². The molecule has 0 aliphatic heterocycles. The van der Waals surface area contributed by atoms with Gasteiger partial charge in [-0.25, -0.2) is 0 Å². The first-order valence-corrected chi connectivity index (χ1v) is 8.12. The molecule has 0 aliphatic rings. The quantitative estimate of drug-likeness (QED) is 0.331. The van der Waals surface area contributed by atoms with Crippen molar-refractivity contribution < 1.29 is 28.5 Å². The third-order valence-electron chi connectivity index (χ3n) is 2.92. The summed E-state index contributed by atoms with van der Waals surface area (Å²) in [6, 6.07) is 0. The first-order valence-electron chi connectivity index (χ1n) is 8.12. The molecular weight excluding hydrogens is 328 g/mol. The van der Waals surface area contributed by atoms with Crippen molar-refractivity contribution in [1.82, 2.24) is 10.6 Å². The molecule has 0 bridgehead atoms. The summed E-state index contributed by atoms with van der Waals surface area (Å²) in [6.07, 6.45) is 1.93. The molecule has 0 saturated heterocycles. The van der Waals surface area contributed by atoms with Crippen LogP contribution in [0.1, 0.15) is 20.8 Å². The fraction of sp³-hybridized carbons (Fsp3) is 0.647. The Morgan fingerprint density at radius 3 is 1.64 bits per heavy atom. The molecule has 0 spiro atoms. The molecule has 0 aromatic rings. The number of nitrogens with one attached hydrogen (secondary N) is 2. The highest BCUT2D eigenvalue weighted by molar-refractivity contribution is 5.86. The van der Waals surface area contributed by atoms with Crippen molar-refractivity contribution in [2.24, 2.45) is 0 Å². The van der Waals surface area contributed by atoms with Gasteiger partial charge in [-0.2, -0.15) is 0 Å². The van der Waals surface area contributed by atoms with Gasteiger partial charge in [-0.1, -0.05) is 13.2 Å². The lowest BCUT2D eigenvalue weighted by Gasteiger charge is -2.19. The second-order valence-corrected chi connectivity index (χ2v) is 5.41. The average molecular weight is 358 g/mol. The average Bonchev–Trinajstić information content (AvgIpc) is 2.59. The van der Waals surface area contributed by atoms with E-state index in [9.17, 15) is 9.59 Å². The van der Waals surface area contributed by atoms with Gasteiger partial charge in [-0.3, -0.25) is 9.59 Å². The van der Waals surface area contributed by atoms with Gasteiger partial charge < -0.3 is 29.6 Å². The molecule has 3 unspecified atom stereocenters. The van der Waals surface area contributed by atoms with Crippen LogP contribution in [0.5, 0.6) is 0 Å². The maximum absolute atomic E-state index is 11.0. The van der Waals surface area contributed by atoms with Crippen LogP contribution in [0.15, 0.2) is 25.3 Å². The monoisotopic (exact) mass is 358 g/mol. The zero-order chi connectivity index (χ0) is 19.1. The van der Waals surface area contributed by atoms with E-state index in [1.165, 1.54) is 12.2 Å². The Morgan fingerprint density at radius 1 is 0.800 bits per heavy atom. The molecule has 2 N–H and O–H groups in total. The number of amides is 2. The highest BCUT2D eigenvalue weighted by Gasteiger charge is 2.09. The minimum atomic E-state index is -0.282. The van der Waals surface area contributed by atoms with E-state index in [-0.39, 0.29) is 43.6 Å². The van der Waals surface area contributed by atoms with Crippen LogP contribution in [-0.4, -0.2) is 63.4 Å². The first kappa shape index (κ1) is 23.3. The van der Waals surface area contributed by atoms with Crippen molar-refractivity contribution in [3.63, 3.8) is 0 Å². The predicted octanol–water partition coefficient (Wildman–Crippen LogP) is 0.738. The summed E-state index contributed by atoms with van der Waals surface area (Å²) < 4.78 is 21.8. The minimum absolute atomic E-state index is 0.109. The van der Waals surface area contributed by atoms with Gasteiger partial charge in [0.05, 0.1) is 38.1 Å². The molecule has 3 atom stereocenters. The Hall–Kier alpha value is -1.74. The molecule has 0 rings (SSSR count). The van der Waals surface area contributed by atoms with Gasteiger partial charge in [0.2, 0.25) is 11.8 Å². The molecule has 0 fully saturated rings. The molecule has 0 heterocycles. The molecule has 0 radical (unpaired) electrons. The van der Waals surface area contributed by atoms with Crippen LogP contribution in [-0.2, 0) is 28.5 Å². The van der Waals surface area contributed by atoms with Crippen molar-refractivity contribution in [2.75, 3.05) is 33.3 Å². The highest BCUT2D eigenvalue weighted by Crippen LogP contribution is 1.99. The van der Waals surface area contributed by atoms with Gasteiger partial charge in [0.25, 0.3) is 0 Å². The molecule has 0 saturated carbocycles. The Morgan fingerprint density at radius 2 is 1.20 bits per heavy atom. The molecule has 2 amide bonds. The SMILES string of the molecule is C=CC(=O)NCOC(C)COCC(C)OCC(C)OCNC(=O)C=C. The molecule has 0 aromatic carbocycles. The summed E-state index contributed by atoms with van der Waals surface area (Å²) in [5.41, 5.74) is 0. The Bertz CT molecular complexity index is 416. The van der Waals surface area contributed by atoms with Crippen molar-refractivity contribution in [3.05, 3.63) is 25.3 Å². The number of carbonyl (C=O) groups is 2. The van der Waals surface area contributed by atoms with E-state index in [2.05, 4.69) is 23.8 Å². The van der Waals surface area contributed by atoms with Crippen molar-refractivity contribution in [3.8, 4) is 0 Å². The van der Waals surface area contributed by atoms with Crippen LogP contribution in [0.2, 0.25) is 0 Å². The molecule has 8 heteroatoms. The molecule has 0 aromatic heterocycles. The number of ether oxygens (including phenoxy) is 4. The number of carbonyl (C=O) groups excluding carboxylic acids is 2. The molecule has 25 heavy (non-hydrogen) atoms. The Labute approximate surface area is 149 Å². The smallest absolute Gasteiger partial charge is 0.245 e. The third-order valence-corrected chi connectivity index (χ3v) is 2.92. The lowest BCUT2D eigenvalue weighted by Crippen LogP contribution is -2.31. The van der Waals surface area contributed by atoms with Crippen LogP contribution in [0, 0.1) is 0 Å². The lowest BCUT2D eigenvalue weighted by molar-refractivity contribution is -0.121. The zero-order valence-corrected chi connectivity index (χ0v) is 15.3. The summed E-state index contributed by atoms with van der Waals surface area (Å²) in [6.45, 7) is 13.7. The summed E-state index contributed by atoms with van der Waals surface area (Å²) in [7, 11) is 0. The third kappa shape index (κ3) is 14.3. The number of hydrogen-bond acceptors (Lipinski definition) is 6. The minimum Gasteiger partial charge on any atom is -0.376 e. The van der Waals surface area contributed by atoms with Gasteiger partial charge >= 0.3 is 0 Å². The predicted molar refractivity (Wildman–Crippen MR) is 93.7 cm³/mol. The first-order chi connectivity index (χ1) is 11.9. The van der Waals surface area contributed by atoms with Gasteiger partial charge in [0.1, 0.15) is 13.5 Å². The van der Waals surface area contributed by atoms with E-state index in [1.54, 1.807) is 0 Å². The van der Waals surface area contributed by atoms with Crippen LogP contribution < -0.4 is 10.6 Å². The second-order valence-electron chi connectivity index (χ2n) is 5.41. The second kappa shape index (κ2) is 14.6. The molecular formula is C17H30N2O6. The maximum Gasteiger partial charge on any atom is 0.245 e. The van der Waals surface area contributed by atoms with Crippen LogP contribution in [0.25, 0.3) is 0 Å². The summed E-state index contributed by atoms with van der Waals surface area (Å²) >= 11 is 0. The lowest BCUT2D eigenvalue weighted by atomic mass is 10.4. The topological polar surface area (TPSA) is 95.1 Å². The largest absolute Gasteiger partial charge is 0.376 e. The number of rotatable bonds is 15. The zero-order valence-electron chi connectivity index (χ0n) is 15.3. The van der Waals surface area contributed by atoms with Crippen molar-refractivity contribution in [1.29, 1.82) is 0 Å². The molecule has 0 aliphatic carbocycles. The van der Waals surface area contributed by atoms with Crippen LogP contribution >= 0.6 is 0 Å². The standard InChI is InChI=1S/C17H30N2O6/c1-6-16(20)18-11-24-14(4)9-22-8-13(3)23-10-15(5)25-12-19-17(21)7-2/h6-7,13-15H,1-2,8-12H2,3-5H3,(H,18,20)(H,19,21). The van der Waals surface area contributed by atoms with Gasteiger partial charge in [0.15, 0.2) is 0 Å². The number of hydrogen-bond donors (Lipinski definition) is 2. The fourth-order valence-electron chi connectivity index (χ4n) is 1.50. The normalized spacial score (nSPS) is 14.2. The van der Waals surface area contributed by atoms with E-state index >= 15 is 0 Å². The highest BCUT2D eigenvalue weighted by atomic mass is 16.6. The van der Waals surface area contributed by atoms with E-state index in [0.29, 0.717) is 19.8 Å². The van der Waals surface area contributed by atoms with Crippen molar-refractivity contribution >= 4 is 11.8 Å². The van der Waals surface area contributed by atoms with Crippen LogP contribution in [0.4, 0.5) is 0 Å². The van der Waals surface area contributed by atoms with E-state index in [0.717, 1.165) is 0 Å². The van der Waals surface area contributed by atoms with E-state index in [1.807, 2.05) is 20.8 Å². The molecule has 8 nitrogen and oxygen atoms in total. The fourth-order valence-corrected chi connectivity index (χ4v) is 1.50. The van der Waals surface area contributed by atoms with Gasteiger partial charge in [0, 0.05) is 0 Å². The Kier molecular flexibility index (Phi) is 13.6. The van der Waals surface area contributed by atoms with Gasteiger partial charge in [-0.15, -0.1) is 0 Å². The summed E-state index contributed by atoms with van der Waals surface area (Å²) in [5, 5.41) is 5.04. The van der Waals surface area contributed by atoms with E-state index in [4.69, 9.17) is 18.9 Å². The van der Waals surface area contributed by atoms with Crippen molar-refractivity contribution in [2.45, 2.75) is 39.1 Å². The molecule has 144 valence electrons. The van der Waals surface area contributed by atoms with Gasteiger partial charge in [-0.05, 0) is 32.9 Å². The summed E-state index contributed by atoms with van der Waals surface area (Å²) in [4.78, 5) is 21.9.